The summed E-state index contributed by atoms with van der Waals surface area (Å²) >= 11 is 0. The van der Waals surface area contributed by atoms with Crippen molar-refractivity contribution >= 4 is 23.5 Å². The zero-order chi connectivity index (χ0) is 15.2. The summed E-state index contributed by atoms with van der Waals surface area (Å²) < 4.78 is 5.30. The first-order chi connectivity index (χ1) is 10.1. The molecule has 1 saturated heterocycles. The molecule has 0 radical (unpaired) electrons. The van der Waals surface area contributed by atoms with E-state index in [1.807, 2.05) is 0 Å². The number of morpholine rings is 1. The van der Waals surface area contributed by atoms with Gasteiger partial charge >= 0.3 is 0 Å². The van der Waals surface area contributed by atoms with E-state index < -0.39 is 4.92 Å². The molecule has 0 aromatic heterocycles. The molecule has 21 heavy (non-hydrogen) atoms. The predicted molar refractivity (Wildman–Crippen MR) is 79.5 cm³/mol. The van der Waals surface area contributed by atoms with E-state index in [0.717, 1.165) is 5.69 Å². The van der Waals surface area contributed by atoms with Crippen LogP contribution in [0.15, 0.2) is 28.4 Å². The molecule has 1 aromatic rings. The molecule has 1 aliphatic heterocycles. The Bertz CT molecular complexity index is 576. The van der Waals surface area contributed by atoms with Crippen molar-refractivity contribution in [2.75, 3.05) is 31.2 Å². The lowest BCUT2D eigenvalue weighted by atomic mass is 10.1. The van der Waals surface area contributed by atoms with Gasteiger partial charge in [-0.15, -0.1) is 5.10 Å². The highest BCUT2D eigenvalue weighted by molar-refractivity contribution is 5.89. The van der Waals surface area contributed by atoms with E-state index in [-0.39, 0.29) is 11.6 Å². The Morgan fingerprint density at radius 1 is 1.38 bits per heavy atom. The third-order valence-corrected chi connectivity index (χ3v) is 2.94. The second-order valence-corrected chi connectivity index (χ2v) is 4.37. The molecule has 0 spiro atoms. The van der Waals surface area contributed by atoms with Crippen LogP contribution in [0.2, 0.25) is 0 Å². The molecule has 0 amide bonds. The minimum absolute atomic E-state index is 0.0156. The Hall–Kier alpha value is -2.68. The van der Waals surface area contributed by atoms with Crippen molar-refractivity contribution in [2.24, 2.45) is 21.7 Å². The highest BCUT2D eigenvalue weighted by Gasteiger charge is 2.17. The van der Waals surface area contributed by atoms with Crippen LogP contribution in [0.1, 0.15) is 5.56 Å². The third-order valence-electron chi connectivity index (χ3n) is 2.94. The number of benzene rings is 1. The summed E-state index contributed by atoms with van der Waals surface area (Å²) in [5, 5.41) is 18.1. The SMILES string of the molecule is NC(N)=NN=Cc1cc([N+](=O)[O-])ccc1N1CCOCC1. The van der Waals surface area contributed by atoms with Gasteiger partial charge in [0.05, 0.1) is 24.4 Å². The number of nitro benzene ring substituents is 1. The lowest BCUT2D eigenvalue weighted by Gasteiger charge is -2.29. The molecule has 0 aliphatic carbocycles. The van der Waals surface area contributed by atoms with E-state index in [2.05, 4.69) is 15.1 Å². The largest absolute Gasteiger partial charge is 0.378 e. The number of hydrogen-bond acceptors (Lipinski definition) is 6. The number of anilines is 1. The number of non-ortho nitro benzene ring substituents is 1. The molecule has 0 unspecified atom stereocenters. The number of nitro groups is 1. The van der Waals surface area contributed by atoms with Crippen LogP contribution in [0.3, 0.4) is 0 Å². The van der Waals surface area contributed by atoms with Crippen LogP contribution in [0, 0.1) is 10.1 Å². The number of ether oxygens (including phenoxy) is 1. The molecule has 0 atom stereocenters. The van der Waals surface area contributed by atoms with Crippen LogP contribution < -0.4 is 16.4 Å². The first-order valence-electron chi connectivity index (χ1n) is 6.31. The van der Waals surface area contributed by atoms with E-state index >= 15 is 0 Å². The van der Waals surface area contributed by atoms with Gasteiger partial charge in [0.25, 0.3) is 5.69 Å². The van der Waals surface area contributed by atoms with E-state index in [9.17, 15) is 10.1 Å². The number of nitrogens with two attached hydrogens (primary N) is 2. The molecule has 0 bridgehead atoms. The van der Waals surface area contributed by atoms with Crippen molar-refractivity contribution in [1.82, 2.24) is 0 Å². The van der Waals surface area contributed by atoms with E-state index in [1.54, 1.807) is 6.07 Å². The fourth-order valence-corrected chi connectivity index (χ4v) is 2.01. The number of guanidine groups is 1. The molecule has 1 heterocycles. The van der Waals surface area contributed by atoms with Crippen LogP contribution in [-0.4, -0.2) is 43.4 Å². The molecular formula is C12H16N6O3. The number of rotatable bonds is 4. The van der Waals surface area contributed by atoms with E-state index in [0.29, 0.717) is 31.9 Å². The van der Waals surface area contributed by atoms with Gasteiger partial charge in [0.2, 0.25) is 5.96 Å². The summed E-state index contributed by atoms with van der Waals surface area (Å²) in [4.78, 5) is 12.5. The van der Waals surface area contributed by atoms with Crippen LogP contribution in [-0.2, 0) is 4.74 Å². The van der Waals surface area contributed by atoms with E-state index in [1.165, 1.54) is 18.3 Å². The monoisotopic (exact) mass is 292 g/mol. The quantitative estimate of drug-likeness (QED) is 0.348. The molecule has 1 fully saturated rings. The van der Waals surface area contributed by atoms with Crippen molar-refractivity contribution < 1.29 is 9.66 Å². The Labute approximate surface area is 121 Å². The highest BCUT2D eigenvalue weighted by Crippen LogP contribution is 2.25. The molecule has 0 saturated carbocycles. The normalized spacial score (nSPS) is 15.1. The maximum Gasteiger partial charge on any atom is 0.270 e. The molecule has 4 N–H and O–H groups in total. The molecule has 1 aliphatic rings. The van der Waals surface area contributed by atoms with Gasteiger partial charge in [-0.05, 0) is 6.07 Å². The van der Waals surface area contributed by atoms with Crippen LogP contribution >= 0.6 is 0 Å². The molecule has 9 nitrogen and oxygen atoms in total. The summed E-state index contributed by atoms with van der Waals surface area (Å²) in [5.41, 5.74) is 11.8. The molecule has 1 aromatic carbocycles. The second kappa shape index (κ2) is 6.66. The van der Waals surface area contributed by atoms with Crippen LogP contribution in [0.25, 0.3) is 0 Å². The maximum atomic E-state index is 10.9. The Morgan fingerprint density at radius 3 is 2.71 bits per heavy atom. The standard InChI is InChI=1S/C12H16N6O3/c13-12(14)16-15-8-9-7-10(18(19)20)1-2-11(9)17-3-5-21-6-4-17/h1-2,7-8H,3-6H2,(H4,13,14,16). The summed E-state index contributed by atoms with van der Waals surface area (Å²) in [5.74, 6) is -0.176. The van der Waals surface area contributed by atoms with Gasteiger partial charge in [0.15, 0.2) is 0 Å². The lowest BCUT2D eigenvalue weighted by molar-refractivity contribution is -0.384. The van der Waals surface area contributed by atoms with Crippen molar-refractivity contribution in [3.63, 3.8) is 0 Å². The van der Waals surface area contributed by atoms with Crippen LogP contribution in [0.5, 0.6) is 0 Å². The average Bonchev–Trinajstić information content (AvgIpc) is 2.47. The van der Waals surface area contributed by atoms with Crippen molar-refractivity contribution in [3.8, 4) is 0 Å². The highest BCUT2D eigenvalue weighted by atomic mass is 16.6. The first kappa shape index (κ1) is 14.7. The van der Waals surface area contributed by atoms with Gasteiger partial charge in [0.1, 0.15) is 0 Å². The van der Waals surface area contributed by atoms with Gasteiger partial charge in [-0.1, -0.05) is 0 Å². The number of nitrogens with zero attached hydrogens (tertiary/aromatic N) is 4. The Morgan fingerprint density at radius 2 is 2.10 bits per heavy atom. The van der Waals surface area contributed by atoms with Gasteiger partial charge in [-0.2, -0.15) is 5.10 Å². The third kappa shape index (κ3) is 3.89. The first-order valence-corrected chi connectivity index (χ1v) is 6.31. The van der Waals surface area contributed by atoms with Crippen molar-refractivity contribution in [1.29, 1.82) is 0 Å². The number of hydrogen-bond donors (Lipinski definition) is 2. The summed E-state index contributed by atoms with van der Waals surface area (Å²) in [6, 6.07) is 4.60. The lowest BCUT2D eigenvalue weighted by Crippen LogP contribution is -2.36. The van der Waals surface area contributed by atoms with Gasteiger partial charge in [-0.3, -0.25) is 10.1 Å². The molecular weight excluding hydrogens is 276 g/mol. The molecule has 2 rings (SSSR count). The maximum absolute atomic E-state index is 10.9. The molecule has 112 valence electrons. The zero-order valence-corrected chi connectivity index (χ0v) is 11.3. The summed E-state index contributed by atoms with van der Waals surface area (Å²) in [6.45, 7) is 2.64. The summed E-state index contributed by atoms with van der Waals surface area (Å²) in [7, 11) is 0. The van der Waals surface area contributed by atoms with E-state index in [4.69, 9.17) is 16.2 Å². The fraction of sp³-hybridized carbons (Fsp3) is 0.333. The van der Waals surface area contributed by atoms with Gasteiger partial charge < -0.3 is 21.1 Å². The van der Waals surface area contributed by atoms with Crippen molar-refractivity contribution in [3.05, 3.63) is 33.9 Å². The topological polar surface area (TPSA) is 132 Å². The smallest absolute Gasteiger partial charge is 0.270 e. The van der Waals surface area contributed by atoms with Crippen molar-refractivity contribution in [2.45, 2.75) is 0 Å². The second-order valence-electron chi connectivity index (χ2n) is 4.37. The average molecular weight is 292 g/mol. The zero-order valence-electron chi connectivity index (χ0n) is 11.3. The summed E-state index contributed by atoms with van der Waals surface area (Å²) in [6.07, 6.45) is 1.40. The fourth-order valence-electron chi connectivity index (χ4n) is 2.01. The Kier molecular flexibility index (Phi) is 4.67. The Balaban J connectivity index is 2.35. The minimum Gasteiger partial charge on any atom is -0.378 e. The predicted octanol–water partition coefficient (Wildman–Crippen LogP) is 0.0387. The van der Waals surface area contributed by atoms with Gasteiger partial charge in [-0.25, -0.2) is 0 Å². The molecule has 9 heteroatoms. The van der Waals surface area contributed by atoms with Crippen LogP contribution in [0.4, 0.5) is 11.4 Å². The minimum atomic E-state index is -0.457. The van der Waals surface area contributed by atoms with Gasteiger partial charge in [0, 0.05) is 36.5 Å².